The summed E-state index contributed by atoms with van der Waals surface area (Å²) in [6.45, 7) is 4.35. The third-order valence-corrected chi connectivity index (χ3v) is 6.23. The van der Waals surface area contributed by atoms with Gasteiger partial charge in [0.05, 0.1) is 16.6 Å². The molecule has 0 fully saturated rings. The van der Waals surface area contributed by atoms with E-state index >= 15 is 0 Å². The first-order valence-electron chi connectivity index (χ1n) is 8.04. The maximum absolute atomic E-state index is 12.3. The lowest BCUT2D eigenvalue weighted by molar-refractivity contribution is -0.115. The van der Waals surface area contributed by atoms with Gasteiger partial charge in [0.2, 0.25) is 5.91 Å². The zero-order valence-corrected chi connectivity index (χ0v) is 16.9. The van der Waals surface area contributed by atoms with Gasteiger partial charge in [-0.15, -0.1) is 23.5 Å². The minimum atomic E-state index is -0.0333. The van der Waals surface area contributed by atoms with E-state index in [1.54, 1.807) is 11.8 Å². The Kier molecular flexibility index (Phi) is 6.04. The molecule has 0 aliphatic carbocycles. The summed E-state index contributed by atoms with van der Waals surface area (Å²) in [5, 5.41) is 4.15. The van der Waals surface area contributed by atoms with Crippen molar-refractivity contribution in [2.24, 2.45) is 0 Å². The molecule has 0 radical (unpaired) electrons. The summed E-state index contributed by atoms with van der Waals surface area (Å²) in [4.78, 5) is 19.3. The number of para-hydroxylation sites is 1. The molecular formula is C19H20N2OS3. The van der Waals surface area contributed by atoms with Crippen LogP contribution in [0.4, 0.5) is 5.13 Å². The molecule has 3 rings (SSSR count). The van der Waals surface area contributed by atoms with Crippen molar-refractivity contribution in [2.75, 3.05) is 11.6 Å². The molecule has 2 aromatic carbocycles. The van der Waals surface area contributed by atoms with E-state index in [2.05, 4.69) is 42.3 Å². The van der Waals surface area contributed by atoms with Gasteiger partial charge in [0.25, 0.3) is 0 Å². The van der Waals surface area contributed by atoms with Crippen LogP contribution >= 0.6 is 34.9 Å². The number of fused-ring (bicyclic) bond motifs is 1. The van der Waals surface area contributed by atoms with Crippen LogP contribution in [0.15, 0.2) is 52.3 Å². The first-order chi connectivity index (χ1) is 12.0. The van der Waals surface area contributed by atoms with E-state index in [0.717, 1.165) is 20.7 Å². The van der Waals surface area contributed by atoms with Gasteiger partial charge in [-0.2, -0.15) is 0 Å². The lowest BCUT2D eigenvalue weighted by Crippen LogP contribution is -2.14. The fraction of sp³-hybridized carbons (Fsp3) is 0.263. The van der Waals surface area contributed by atoms with Gasteiger partial charge in [-0.3, -0.25) is 4.79 Å². The summed E-state index contributed by atoms with van der Waals surface area (Å²) in [5.74, 6) is -0.0333. The highest BCUT2D eigenvalue weighted by Gasteiger charge is 2.11. The molecule has 3 nitrogen and oxygen atoms in total. The van der Waals surface area contributed by atoms with Crippen LogP contribution in [-0.2, 0) is 11.2 Å². The largest absolute Gasteiger partial charge is 0.302 e. The van der Waals surface area contributed by atoms with E-state index in [9.17, 15) is 4.79 Å². The van der Waals surface area contributed by atoms with Gasteiger partial charge in [0.1, 0.15) is 0 Å². The quantitative estimate of drug-likeness (QED) is 0.550. The van der Waals surface area contributed by atoms with E-state index in [0.29, 0.717) is 16.8 Å². The lowest BCUT2D eigenvalue weighted by atomic mass is 10.1. The molecule has 0 saturated heterocycles. The highest BCUT2D eigenvalue weighted by molar-refractivity contribution is 8.00. The van der Waals surface area contributed by atoms with Crippen molar-refractivity contribution < 1.29 is 4.79 Å². The second kappa shape index (κ2) is 8.25. The van der Waals surface area contributed by atoms with Crippen LogP contribution < -0.4 is 5.32 Å². The molecule has 1 N–H and O–H groups in total. The number of benzene rings is 2. The Morgan fingerprint density at radius 2 is 1.96 bits per heavy atom. The number of amides is 1. The van der Waals surface area contributed by atoms with E-state index < -0.39 is 0 Å². The van der Waals surface area contributed by atoms with Gasteiger partial charge >= 0.3 is 0 Å². The maximum atomic E-state index is 12.3. The topological polar surface area (TPSA) is 42.0 Å². The molecule has 0 bridgehead atoms. The molecule has 0 spiro atoms. The Labute approximate surface area is 160 Å². The SMILES string of the molecule is CSc1cccc2sc(NC(=O)Cc3ccc(SC(C)C)cc3)nc12. The Morgan fingerprint density at radius 3 is 2.64 bits per heavy atom. The number of carbonyl (C=O) groups is 1. The van der Waals surface area contributed by atoms with Gasteiger partial charge in [-0.05, 0) is 36.1 Å². The first kappa shape index (κ1) is 18.3. The third kappa shape index (κ3) is 4.77. The highest BCUT2D eigenvalue weighted by atomic mass is 32.2. The number of hydrogen-bond donors (Lipinski definition) is 1. The van der Waals surface area contributed by atoms with Crippen molar-refractivity contribution >= 4 is 56.1 Å². The molecule has 0 unspecified atom stereocenters. The second-order valence-corrected chi connectivity index (χ2v) is 9.39. The van der Waals surface area contributed by atoms with Gasteiger partial charge in [-0.25, -0.2) is 4.98 Å². The van der Waals surface area contributed by atoms with Gasteiger partial charge < -0.3 is 5.32 Å². The van der Waals surface area contributed by atoms with Crippen LogP contribution in [0.3, 0.4) is 0 Å². The fourth-order valence-electron chi connectivity index (χ4n) is 2.45. The zero-order chi connectivity index (χ0) is 17.8. The number of nitrogens with zero attached hydrogens (tertiary/aromatic N) is 1. The molecule has 0 aliphatic heterocycles. The van der Waals surface area contributed by atoms with Crippen LogP contribution in [0.5, 0.6) is 0 Å². The molecule has 0 saturated carbocycles. The van der Waals surface area contributed by atoms with Crippen molar-refractivity contribution in [3.63, 3.8) is 0 Å². The van der Waals surface area contributed by atoms with Crippen molar-refractivity contribution in [3.05, 3.63) is 48.0 Å². The third-order valence-electron chi connectivity index (χ3n) is 3.51. The predicted octanol–water partition coefficient (Wildman–Crippen LogP) is 5.70. The molecule has 0 atom stereocenters. The number of thiazole rings is 1. The van der Waals surface area contributed by atoms with Gasteiger partial charge in [0, 0.05) is 15.0 Å². The summed E-state index contributed by atoms with van der Waals surface area (Å²) < 4.78 is 1.09. The van der Waals surface area contributed by atoms with Crippen molar-refractivity contribution in [1.29, 1.82) is 0 Å². The standard InChI is InChI=1S/C19H20N2OS3/c1-12(2)24-14-9-7-13(8-10-14)11-17(22)20-19-21-18-15(23-3)5-4-6-16(18)25-19/h4-10,12H,11H2,1-3H3,(H,20,21,22). The van der Waals surface area contributed by atoms with E-state index in [-0.39, 0.29) is 5.91 Å². The molecule has 130 valence electrons. The van der Waals surface area contributed by atoms with Crippen molar-refractivity contribution in [2.45, 2.75) is 35.3 Å². The van der Waals surface area contributed by atoms with E-state index in [1.807, 2.05) is 42.3 Å². The molecule has 1 amide bonds. The summed E-state index contributed by atoms with van der Waals surface area (Å²) in [5.41, 5.74) is 1.97. The first-order valence-corrected chi connectivity index (χ1v) is 11.0. The predicted molar refractivity (Wildman–Crippen MR) is 111 cm³/mol. The normalized spacial score (nSPS) is 11.2. The Hall–Kier alpha value is -1.50. The number of nitrogens with one attached hydrogen (secondary N) is 1. The van der Waals surface area contributed by atoms with Crippen LogP contribution in [-0.4, -0.2) is 22.4 Å². The van der Waals surface area contributed by atoms with Gasteiger partial charge in [-0.1, -0.05) is 43.4 Å². The second-order valence-electron chi connectivity index (χ2n) is 5.86. The number of anilines is 1. The Balaban J connectivity index is 1.66. The fourth-order valence-corrected chi connectivity index (χ4v) is 4.82. The summed E-state index contributed by atoms with van der Waals surface area (Å²) in [6, 6.07) is 14.3. The summed E-state index contributed by atoms with van der Waals surface area (Å²) in [7, 11) is 0. The number of carbonyl (C=O) groups excluding carboxylic acids is 1. The van der Waals surface area contributed by atoms with Crippen LogP contribution in [0.2, 0.25) is 0 Å². The van der Waals surface area contributed by atoms with Crippen molar-refractivity contribution in [1.82, 2.24) is 4.98 Å². The lowest BCUT2D eigenvalue weighted by Gasteiger charge is -2.06. The number of thioether (sulfide) groups is 2. The van der Waals surface area contributed by atoms with E-state index in [1.165, 1.54) is 16.2 Å². The molecule has 3 aromatic rings. The maximum Gasteiger partial charge on any atom is 0.230 e. The Morgan fingerprint density at radius 1 is 1.20 bits per heavy atom. The molecule has 1 heterocycles. The minimum Gasteiger partial charge on any atom is -0.302 e. The minimum absolute atomic E-state index is 0.0333. The molecule has 1 aromatic heterocycles. The number of rotatable bonds is 6. The summed E-state index contributed by atoms with van der Waals surface area (Å²) >= 11 is 5.01. The van der Waals surface area contributed by atoms with Gasteiger partial charge in [0.15, 0.2) is 5.13 Å². The highest BCUT2D eigenvalue weighted by Crippen LogP contribution is 2.32. The zero-order valence-electron chi connectivity index (χ0n) is 14.4. The Bertz CT molecular complexity index is 872. The average molecular weight is 389 g/mol. The van der Waals surface area contributed by atoms with Crippen LogP contribution in [0.1, 0.15) is 19.4 Å². The van der Waals surface area contributed by atoms with Crippen molar-refractivity contribution in [3.8, 4) is 0 Å². The number of hydrogen-bond acceptors (Lipinski definition) is 5. The van der Waals surface area contributed by atoms with Crippen LogP contribution in [0.25, 0.3) is 10.2 Å². The monoisotopic (exact) mass is 388 g/mol. The smallest absolute Gasteiger partial charge is 0.230 e. The average Bonchev–Trinajstić information content (AvgIpc) is 2.98. The summed E-state index contributed by atoms with van der Waals surface area (Å²) in [6.07, 6.45) is 2.39. The molecule has 6 heteroatoms. The van der Waals surface area contributed by atoms with E-state index in [4.69, 9.17) is 0 Å². The number of aromatic nitrogens is 1. The van der Waals surface area contributed by atoms with Crippen LogP contribution in [0, 0.1) is 0 Å². The molecule has 25 heavy (non-hydrogen) atoms. The molecule has 0 aliphatic rings. The molecular weight excluding hydrogens is 368 g/mol.